The van der Waals surface area contributed by atoms with Gasteiger partial charge in [-0.1, -0.05) is 31.4 Å². The van der Waals surface area contributed by atoms with Crippen molar-refractivity contribution in [1.29, 1.82) is 0 Å². The molecule has 0 aromatic heterocycles. The molecule has 1 aliphatic carbocycles. The first-order chi connectivity index (χ1) is 11.9. The molecule has 140 valence electrons. The van der Waals surface area contributed by atoms with Gasteiger partial charge in [-0.15, -0.1) is 0 Å². The van der Waals surface area contributed by atoms with E-state index in [4.69, 9.17) is 9.57 Å². The Hall–Kier alpha value is -1.15. The summed E-state index contributed by atoms with van der Waals surface area (Å²) in [5.41, 5.74) is 0.893. The van der Waals surface area contributed by atoms with Crippen LogP contribution in [0, 0.1) is 0 Å². The van der Waals surface area contributed by atoms with Gasteiger partial charge < -0.3 is 4.74 Å². The summed E-state index contributed by atoms with van der Waals surface area (Å²) in [4.78, 5) is 5.62. The van der Waals surface area contributed by atoms with Crippen LogP contribution in [0.5, 0.6) is 5.75 Å². The number of rotatable bonds is 5. The zero-order chi connectivity index (χ0) is 18.0. The van der Waals surface area contributed by atoms with Crippen molar-refractivity contribution >= 4 is 10.0 Å². The van der Waals surface area contributed by atoms with Crippen LogP contribution in [0.3, 0.4) is 0 Å². The lowest BCUT2D eigenvalue weighted by Crippen LogP contribution is -2.45. The molecule has 1 saturated heterocycles. The summed E-state index contributed by atoms with van der Waals surface area (Å²) < 4.78 is 33.5. The van der Waals surface area contributed by atoms with Crippen LogP contribution in [-0.2, 0) is 14.9 Å². The lowest BCUT2D eigenvalue weighted by Gasteiger charge is -2.33. The molecule has 0 spiro atoms. The molecule has 0 N–H and O–H groups in total. The number of methoxy groups -OCH3 is 1. The van der Waals surface area contributed by atoms with Crippen LogP contribution in [0.4, 0.5) is 0 Å². The minimum Gasteiger partial charge on any atom is -0.497 e. The van der Waals surface area contributed by atoms with E-state index >= 15 is 0 Å². The van der Waals surface area contributed by atoms with E-state index in [0.717, 1.165) is 37.0 Å². The zero-order valence-electron chi connectivity index (χ0n) is 15.2. The average Bonchev–Trinajstić information content (AvgIpc) is 3.04. The summed E-state index contributed by atoms with van der Waals surface area (Å²) in [6, 6.07) is 7.33. The van der Waals surface area contributed by atoms with E-state index in [1.807, 2.05) is 24.3 Å². The minimum atomic E-state index is -3.46. The molecule has 3 rings (SSSR count). The molecule has 0 amide bonds. The number of hydroxylamine groups is 2. The second-order valence-corrected chi connectivity index (χ2v) is 9.17. The molecular weight excluding hydrogens is 340 g/mol. The smallest absolute Gasteiger partial charge is 0.221 e. The van der Waals surface area contributed by atoms with E-state index in [1.165, 1.54) is 6.42 Å². The third kappa shape index (κ3) is 3.69. The van der Waals surface area contributed by atoms with E-state index in [-0.39, 0.29) is 18.7 Å². The Morgan fingerprint density at radius 2 is 1.96 bits per heavy atom. The highest BCUT2D eigenvalue weighted by atomic mass is 32.2. The second-order valence-electron chi connectivity index (χ2n) is 6.95. The van der Waals surface area contributed by atoms with Gasteiger partial charge in [-0.05, 0) is 30.5 Å². The lowest BCUT2D eigenvalue weighted by molar-refractivity contribution is -0.110. The van der Waals surface area contributed by atoms with E-state index in [1.54, 1.807) is 30.6 Å². The first-order valence-electron chi connectivity index (χ1n) is 8.91. The van der Waals surface area contributed by atoms with Gasteiger partial charge in [0.15, 0.2) is 0 Å². The Kier molecular flexibility index (Phi) is 5.68. The van der Waals surface area contributed by atoms with Crippen LogP contribution in [-0.4, -0.2) is 56.9 Å². The SMILES string of the molecule is COc1cccc(C2C(S(=O)(=O)N(C)C3CCCCC3)CON2C)c1. The second kappa shape index (κ2) is 7.61. The summed E-state index contributed by atoms with van der Waals surface area (Å²) in [5, 5.41) is 1.04. The van der Waals surface area contributed by atoms with Gasteiger partial charge in [0.1, 0.15) is 11.0 Å². The molecule has 7 heteroatoms. The number of nitrogens with zero attached hydrogens (tertiary/aromatic N) is 2. The van der Waals surface area contributed by atoms with Gasteiger partial charge in [-0.2, -0.15) is 5.06 Å². The number of sulfonamides is 1. The van der Waals surface area contributed by atoms with Crippen molar-refractivity contribution in [3.8, 4) is 5.75 Å². The molecule has 25 heavy (non-hydrogen) atoms. The quantitative estimate of drug-likeness (QED) is 0.799. The van der Waals surface area contributed by atoms with Crippen LogP contribution < -0.4 is 4.74 Å². The van der Waals surface area contributed by atoms with Crippen molar-refractivity contribution < 1.29 is 18.0 Å². The van der Waals surface area contributed by atoms with Gasteiger partial charge in [0, 0.05) is 20.1 Å². The predicted octanol–water partition coefficient (Wildman–Crippen LogP) is 2.58. The Labute approximate surface area is 150 Å². The van der Waals surface area contributed by atoms with Gasteiger partial charge in [0.25, 0.3) is 0 Å². The monoisotopic (exact) mass is 368 g/mol. The predicted molar refractivity (Wildman–Crippen MR) is 96.8 cm³/mol. The number of hydrogen-bond acceptors (Lipinski definition) is 5. The topological polar surface area (TPSA) is 59.1 Å². The maximum absolute atomic E-state index is 13.3. The molecule has 2 unspecified atom stereocenters. The molecule has 1 aromatic carbocycles. The number of benzene rings is 1. The highest BCUT2D eigenvalue weighted by molar-refractivity contribution is 7.89. The van der Waals surface area contributed by atoms with Crippen LogP contribution in [0.25, 0.3) is 0 Å². The summed E-state index contributed by atoms with van der Waals surface area (Å²) in [7, 11) is 1.67. The molecule has 6 nitrogen and oxygen atoms in total. The Morgan fingerprint density at radius 1 is 1.24 bits per heavy atom. The van der Waals surface area contributed by atoms with Crippen molar-refractivity contribution in [2.45, 2.75) is 49.4 Å². The fraction of sp³-hybridized carbons (Fsp3) is 0.667. The number of hydrogen-bond donors (Lipinski definition) is 0. The highest BCUT2D eigenvalue weighted by Gasteiger charge is 2.46. The van der Waals surface area contributed by atoms with Gasteiger partial charge in [0.05, 0.1) is 19.8 Å². The molecule has 2 aliphatic rings. The molecule has 0 bridgehead atoms. The Morgan fingerprint density at radius 3 is 2.64 bits per heavy atom. The average molecular weight is 368 g/mol. The van der Waals surface area contributed by atoms with E-state index < -0.39 is 15.3 Å². The molecule has 2 fully saturated rings. The van der Waals surface area contributed by atoms with E-state index in [2.05, 4.69) is 0 Å². The minimum absolute atomic E-state index is 0.107. The largest absolute Gasteiger partial charge is 0.497 e. The van der Waals surface area contributed by atoms with Crippen molar-refractivity contribution in [1.82, 2.24) is 9.37 Å². The van der Waals surface area contributed by atoms with Gasteiger partial charge in [-0.25, -0.2) is 12.7 Å². The lowest BCUT2D eigenvalue weighted by atomic mass is 9.96. The summed E-state index contributed by atoms with van der Waals surface area (Å²) in [6.07, 6.45) is 5.30. The molecule has 1 saturated carbocycles. The normalized spacial score (nSPS) is 26.2. The zero-order valence-corrected chi connectivity index (χ0v) is 16.0. The maximum Gasteiger partial charge on any atom is 0.221 e. The van der Waals surface area contributed by atoms with E-state index in [0.29, 0.717) is 0 Å². The first-order valence-corrected chi connectivity index (χ1v) is 10.4. The van der Waals surface area contributed by atoms with Crippen molar-refractivity contribution in [2.75, 3.05) is 27.8 Å². The third-order valence-corrected chi connectivity index (χ3v) is 7.75. The van der Waals surface area contributed by atoms with Crippen LogP contribution in [0.2, 0.25) is 0 Å². The van der Waals surface area contributed by atoms with Crippen molar-refractivity contribution in [3.63, 3.8) is 0 Å². The van der Waals surface area contributed by atoms with Crippen molar-refractivity contribution in [3.05, 3.63) is 29.8 Å². The maximum atomic E-state index is 13.3. The molecular formula is C18H28N2O4S. The standard InChI is InChI=1S/C18H28N2O4S/c1-19-18(14-8-7-11-16(12-14)23-3)17(13-24-19)25(21,22)20(2)15-9-5-4-6-10-15/h7-8,11-12,15,17-18H,4-6,9-10,13H2,1-3H3. The first kappa shape index (κ1) is 18.6. The fourth-order valence-corrected chi connectivity index (χ4v) is 5.90. The molecule has 1 aliphatic heterocycles. The van der Waals surface area contributed by atoms with Crippen LogP contribution in [0.15, 0.2) is 24.3 Å². The van der Waals surface area contributed by atoms with Crippen molar-refractivity contribution in [2.24, 2.45) is 0 Å². The molecule has 1 aromatic rings. The Bertz CT molecular complexity index is 688. The van der Waals surface area contributed by atoms with Crippen LogP contribution in [0.1, 0.15) is 43.7 Å². The van der Waals surface area contributed by atoms with Gasteiger partial charge >= 0.3 is 0 Å². The van der Waals surface area contributed by atoms with Gasteiger partial charge in [-0.3, -0.25) is 4.84 Å². The highest BCUT2D eigenvalue weighted by Crippen LogP contribution is 2.37. The van der Waals surface area contributed by atoms with Crippen LogP contribution >= 0.6 is 0 Å². The molecule has 0 radical (unpaired) electrons. The summed E-state index contributed by atoms with van der Waals surface area (Å²) in [6.45, 7) is 0.178. The molecule has 2 atom stereocenters. The molecule has 1 heterocycles. The third-order valence-electron chi connectivity index (χ3n) is 5.49. The summed E-state index contributed by atoms with van der Waals surface area (Å²) in [5.74, 6) is 0.717. The van der Waals surface area contributed by atoms with Gasteiger partial charge in [0.2, 0.25) is 10.0 Å². The van der Waals surface area contributed by atoms with E-state index in [9.17, 15) is 8.42 Å². The summed E-state index contributed by atoms with van der Waals surface area (Å²) >= 11 is 0. The fourth-order valence-electron chi connectivity index (χ4n) is 3.96. The Balaban J connectivity index is 1.88. The number of ether oxygens (including phenoxy) is 1.